The fraction of sp³-hybridized carbons (Fsp3) is 0.111. The van der Waals surface area contributed by atoms with Gasteiger partial charge in [0.15, 0.2) is 6.04 Å². The maximum Gasteiger partial charge on any atom is 0.573 e. The number of carbonyl (C=O) groups excluding carboxylic acids is 1. The largest absolute Gasteiger partial charge is 0.573 e. The fourth-order valence-corrected chi connectivity index (χ4v) is 3.66. The predicted molar refractivity (Wildman–Crippen MR) is 126 cm³/mol. The lowest BCUT2D eigenvalue weighted by Crippen LogP contribution is -2.34. The first-order valence-corrected chi connectivity index (χ1v) is 10.8. The summed E-state index contributed by atoms with van der Waals surface area (Å²) < 4.78 is 47.1. The summed E-state index contributed by atoms with van der Waals surface area (Å²) >= 11 is 0. The van der Waals surface area contributed by atoms with Gasteiger partial charge in [-0.05, 0) is 34.7 Å². The highest BCUT2D eigenvalue weighted by atomic mass is 19.4. The zero-order chi connectivity index (χ0) is 25.7. The third kappa shape index (κ3) is 5.93. The number of carbonyl (C=O) groups is 2. The monoisotopic (exact) mass is 495 g/mol. The number of fused-ring (bicyclic) bond motifs is 1. The van der Waals surface area contributed by atoms with Crippen molar-refractivity contribution in [3.63, 3.8) is 0 Å². The molecule has 0 saturated carbocycles. The van der Waals surface area contributed by atoms with Crippen LogP contribution < -0.4 is 14.8 Å². The number of carboxylic acid groups (broad SMARTS) is 1. The van der Waals surface area contributed by atoms with E-state index in [0.717, 1.165) is 5.39 Å². The summed E-state index contributed by atoms with van der Waals surface area (Å²) in [5, 5.41) is 13.6. The maximum absolute atomic E-state index is 13.2. The molecule has 0 unspecified atom stereocenters. The number of aliphatic carboxylic acids is 1. The Bertz CT molecular complexity index is 1370. The van der Waals surface area contributed by atoms with Gasteiger partial charge < -0.3 is 19.9 Å². The Morgan fingerprint density at radius 3 is 2.19 bits per heavy atom. The van der Waals surface area contributed by atoms with Gasteiger partial charge in [0.05, 0.1) is 5.56 Å². The Balaban J connectivity index is 1.61. The number of nitrogens with one attached hydrogen (secondary N) is 1. The second-order valence-corrected chi connectivity index (χ2v) is 7.80. The van der Waals surface area contributed by atoms with E-state index in [4.69, 9.17) is 4.74 Å². The van der Waals surface area contributed by atoms with Gasteiger partial charge in [0.2, 0.25) is 0 Å². The van der Waals surface area contributed by atoms with Crippen molar-refractivity contribution in [3.05, 3.63) is 108 Å². The average molecular weight is 495 g/mol. The minimum absolute atomic E-state index is 0.0539. The normalized spacial score (nSPS) is 12.1. The van der Waals surface area contributed by atoms with Crippen LogP contribution in [0, 0.1) is 0 Å². The van der Waals surface area contributed by atoms with Gasteiger partial charge in [-0.25, -0.2) is 4.79 Å². The van der Waals surface area contributed by atoms with Gasteiger partial charge in [-0.1, -0.05) is 72.8 Å². The van der Waals surface area contributed by atoms with Crippen LogP contribution in [0.1, 0.15) is 27.5 Å². The highest BCUT2D eigenvalue weighted by molar-refractivity contribution is 6.05. The van der Waals surface area contributed by atoms with Crippen LogP contribution in [0.5, 0.6) is 11.5 Å². The third-order valence-corrected chi connectivity index (χ3v) is 5.32. The van der Waals surface area contributed by atoms with E-state index in [1.807, 2.05) is 12.1 Å². The van der Waals surface area contributed by atoms with Crippen molar-refractivity contribution in [1.82, 2.24) is 5.32 Å². The predicted octanol–water partition coefficient (Wildman–Crippen LogP) is 5.87. The summed E-state index contributed by atoms with van der Waals surface area (Å²) in [5.74, 6) is -2.02. The van der Waals surface area contributed by atoms with Crippen molar-refractivity contribution in [1.29, 1.82) is 0 Å². The van der Waals surface area contributed by atoms with Gasteiger partial charge >= 0.3 is 12.3 Å². The molecule has 1 amide bonds. The molecule has 4 aromatic rings. The number of benzene rings is 4. The number of hydrogen-bond donors (Lipinski definition) is 2. The molecule has 0 bridgehead atoms. The number of amides is 1. The number of rotatable bonds is 8. The van der Waals surface area contributed by atoms with Crippen LogP contribution in [0.4, 0.5) is 13.2 Å². The molecule has 4 aromatic carbocycles. The molecule has 4 rings (SSSR count). The van der Waals surface area contributed by atoms with Gasteiger partial charge in [0, 0.05) is 5.39 Å². The molecule has 184 valence electrons. The first kappa shape index (κ1) is 24.6. The van der Waals surface area contributed by atoms with E-state index < -0.39 is 24.3 Å². The van der Waals surface area contributed by atoms with Gasteiger partial charge in [-0.2, -0.15) is 0 Å². The molecule has 0 spiro atoms. The van der Waals surface area contributed by atoms with Crippen molar-refractivity contribution < 1.29 is 37.3 Å². The van der Waals surface area contributed by atoms with Crippen LogP contribution in [-0.4, -0.2) is 23.3 Å². The van der Waals surface area contributed by atoms with Crippen molar-refractivity contribution in [3.8, 4) is 11.5 Å². The third-order valence-electron chi connectivity index (χ3n) is 5.32. The van der Waals surface area contributed by atoms with E-state index in [-0.39, 0.29) is 23.7 Å². The minimum atomic E-state index is -4.79. The molecular formula is C27H20F3NO5. The number of alkyl halides is 3. The zero-order valence-electron chi connectivity index (χ0n) is 18.7. The lowest BCUT2D eigenvalue weighted by Gasteiger charge is -2.18. The summed E-state index contributed by atoms with van der Waals surface area (Å²) in [5.41, 5.74) is 1.06. The topological polar surface area (TPSA) is 84.9 Å². The summed E-state index contributed by atoms with van der Waals surface area (Å²) in [6.07, 6.45) is -4.79. The van der Waals surface area contributed by atoms with Crippen LogP contribution >= 0.6 is 0 Å². The summed E-state index contributed by atoms with van der Waals surface area (Å²) in [6, 6.07) is 22.6. The second kappa shape index (κ2) is 10.4. The smallest absolute Gasteiger partial charge is 0.487 e. The Morgan fingerprint density at radius 1 is 0.861 bits per heavy atom. The summed E-state index contributed by atoms with van der Waals surface area (Å²) in [6.45, 7) is -0.0539. The standard InChI is InChI=1S/C27H20F3NO5/c28-27(29,30)36-20-13-10-17(11-14-20)16-35-24-21-9-5-4-6-18(21)12-15-22(24)25(32)31-23(26(33)34)19-7-2-1-3-8-19/h1-15,23H,16H2,(H,31,32)(H,33,34)/t23-/m0/s1. The Hall–Kier alpha value is -4.53. The zero-order valence-corrected chi connectivity index (χ0v) is 18.7. The molecule has 1 atom stereocenters. The van der Waals surface area contributed by atoms with E-state index >= 15 is 0 Å². The Morgan fingerprint density at radius 2 is 1.53 bits per heavy atom. The van der Waals surface area contributed by atoms with Crippen molar-refractivity contribution in [2.45, 2.75) is 19.0 Å². The first-order chi connectivity index (χ1) is 17.2. The number of halogens is 3. The lowest BCUT2D eigenvalue weighted by molar-refractivity contribution is -0.274. The minimum Gasteiger partial charge on any atom is -0.487 e. The molecule has 6 nitrogen and oxygen atoms in total. The summed E-state index contributed by atoms with van der Waals surface area (Å²) in [7, 11) is 0. The van der Waals surface area contributed by atoms with E-state index in [2.05, 4.69) is 10.1 Å². The molecule has 0 fully saturated rings. The lowest BCUT2D eigenvalue weighted by atomic mass is 10.0. The van der Waals surface area contributed by atoms with E-state index in [9.17, 15) is 27.9 Å². The number of hydrogen-bond acceptors (Lipinski definition) is 4. The average Bonchev–Trinajstić information content (AvgIpc) is 2.86. The SMILES string of the molecule is O=C(N[C@H](C(=O)O)c1ccccc1)c1ccc2ccccc2c1OCc1ccc(OC(F)(F)F)cc1. The number of ether oxygens (including phenoxy) is 2. The van der Waals surface area contributed by atoms with Crippen molar-refractivity contribution in [2.24, 2.45) is 0 Å². The molecule has 0 heterocycles. The van der Waals surface area contributed by atoms with Crippen LogP contribution in [0.2, 0.25) is 0 Å². The molecule has 0 aliphatic heterocycles. The van der Waals surface area contributed by atoms with E-state index in [0.29, 0.717) is 16.5 Å². The molecule has 0 aromatic heterocycles. The van der Waals surface area contributed by atoms with Crippen LogP contribution in [0.3, 0.4) is 0 Å². The van der Waals surface area contributed by atoms with Crippen molar-refractivity contribution >= 4 is 22.6 Å². The Kier molecular flexibility index (Phi) is 7.10. The molecule has 0 aliphatic carbocycles. The summed E-state index contributed by atoms with van der Waals surface area (Å²) in [4.78, 5) is 25.1. The fourth-order valence-electron chi connectivity index (χ4n) is 3.66. The van der Waals surface area contributed by atoms with Gasteiger partial charge in [-0.3, -0.25) is 4.79 Å². The maximum atomic E-state index is 13.2. The molecule has 36 heavy (non-hydrogen) atoms. The van der Waals surface area contributed by atoms with Crippen LogP contribution in [0.15, 0.2) is 91.0 Å². The highest BCUT2D eigenvalue weighted by Gasteiger charge is 2.31. The van der Waals surface area contributed by atoms with E-state index in [1.54, 1.807) is 48.5 Å². The van der Waals surface area contributed by atoms with Gasteiger partial charge in [0.1, 0.15) is 18.1 Å². The van der Waals surface area contributed by atoms with Crippen LogP contribution in [0.25, 0.3) is 10.8 Å². The molecule has 9 heteroatoms. The Labute approximate surface area is 203 Å². The van der Waals surface area contributed by atoms with Gasteiger partial charge in [-0.15, -0.1) is 13.2 Å². The quantitative estimate of drug-likeness (QED) is 0.319. The molecular weight excluding hydrogens is 475 g/mol. The van der Waals surface area contributed by atoms with Crippen molar-refractivity contribution in [2.75, 3.05) is 0 Å². The first-order valence-electron chi connectivity index (χ1n) is 10.8. The molecule has 0 aliphatic rings. The highest BCUT2D eigenvalue weighted by Crippen LogP contribution is 2.32. The molecule has 0 saturated heterocycles. The van der Waals surface area contributed by atoms with Gasteiger partial charge in [0.25, 0.3) is 5.91 Å². The second-order valence-electron chi connectivity index (χ2n) is 7.80. The van der Waals surface area contributed by atoms with Crippen LogP contribution in [-0.2, 0) is 11.4 Å². The molecule has 2 N–H and O–H groups in total. The molecule has 0 radical (unpaired) electrons. The number of carboxylic acids is 1. The van der Waals surface area contributed by atoms with E-state index in [1.165, 1.54) is 30.3 Å².